The van der Waals surface area contributed by atoms with E-state index in [1.807, 2.05) is 0 Å². The summed E-state index contributed by atoms with van der Waals surface area (Å²) >= 11 is 11.7. The second kappa shape index (κ2) is 9.94. The molecular weight excluding hydrogens is 531 g/mol. The van der Waals surface area contributed by atoms with E-state index in [4.69, 9.17) is 27.6 Å². The Kier molecular flexibility index (Phi) is 7.10. The molecule has 4 N–H and O–H groups in total. The Morgan fingerprint density at radius 2 is 1.58 bits per heavy atom. The molecule has 1 atom stereocenters. The van der Waals surface area contributed by atoms with E-state index < -0.39 is 34.0 Å². The molecule has 2 amide bonds. The molecule has 4 aromatic rings. The molecule has 36 heavy (non-hydrogen) atoms. The van der Waals surface area contributed by atoms with Crippen LogP contribution in [-0.4, -0.2) is 36.6 Å². The molecule has 0 spiro atoms. The first-order chi connectivity index (χ1) is 16.9. The number of amides is 2. The van der Waals surface area contributed by atoms with Gasteiger partial charge >= 0.3 is 12.0 Å². The number of nitrogens with zero attached hydrogens (tertiary/aromatic N) is 1. The van der Waals surface area contributed by atoms with Crippen LogP contribution in [0.25, 0.3) is 21.9 Å². The summed E-state index contributed by atoms with van der Waals surface area (Å²) in [5.74, 6) is -1.71. The van der Waals surface area contributed by atoms with Gasteiger partial charge in [0.25, 0.3) is 0 Å². The first-order valence-corrected chi connectivity index (χ1v) is 12.8. The fourth-order valence-electron chi connectivity index (χ4n) is 3.54. The Hall–Kier alpha value is -3.38. The maximum absolute atomic E-state index is 12.8. The number of pyridine rings is 1. The Morgan fingerprint density at radius 3 is 2.22 bits per heavy atom. The normalized spacial score (nSPS) is 12.7. The highest BCUT2D eigenvalue weighted by Gasteiger charge is 2.28. The van der Waals surface area contributed by atoms with Gasteiger partial charge in [0, 0.05) is 28.2 Å². The van der Waals surface area contributed by atoms with Gasteiger partial charge in [-0.2, -0.15) is 4.72 Å². The smallest absolute Gasteiger partial charge is 0.323 e. The van der Waals surface area contributed by atoms with Gasteiger partial charge in [0.1, 0.15) is 27.5 Å². The molecule has 4 rings (SSSR count). The number of aromatic nitrogens is 1. The topological polar surface area (TPSA) is 151 Å². The molecule has 0 aliphatic heterocycles. The van der Waals surface area contributed by atoms with Crippen LogP contribution in [0.3, 0.4) is 0 Å². The average molecular weight is 551 g/mol. The number of benzene rings is 2. The van der Waals surface area contributed by atoms with E-state index in [9.17, 15) is 23.1 Å². The number of fused-ring (bicyclic) bond motifs is 3. The van der Waals surface area contributed by atoms with Gasteiger partial charge in [-0.15, -0.1) is 0 Å². The first-order valence-electron chi connectivity index (χ1n) is 10.6. The lowest BCUT2D eigenvalue weighted by molar-refractivity contribution is -0.140. The maximum Gasteiger partial charge on any atom is 0.323 e. The lowest BCUT2D eigenvalue weighted by Crippen LogP contribution is -2.44. The molecule has 2 aromatic carbocycles. The third-order valence-corrected chi connectivity index (χ3v) is 7.07. The largest absolute Gasteiger partial charge is 0.480 e. The van der Waals surface area contributed by atoms with E-state index in [0.29, 0.717) is 33.3 Å². The predicted molar refractivity (Wildman–Crippen MR) is 137 cm³/mol. The number of aliphatic carboxylic acids is 1. The van der Waals surface area contributed by atoms with Crippen molar-refractivity contribution in [3.8, 4) is 0 Å². The van der Waals surface area contributed by atoms with Gasteiger partial charge in [0.2, 0.25) is 10.0 Å². The monoisotopic (exact) mass is 550 g/mol. The van der Waals surface area contributed by atoms with Crippen molar-refractivity contribution in [1.29, 1.82) is 0 Å². The van der Waals surface area contributed by atoms with Crippen LogP contribution in [0.1, 0.15) is 13.8 Å². The molecule has 13 heteroatoms. The zero-order valence-electron chi connectivity index (χ0n) is 18.9. The van der Waals surface area contributed by atoms with E-state index in [2.05, 4.69) is 20.3 Å². The standard InChI is InChI=1S/C23H20Cl2N4O6S/c1-11(2)21(22(30)31)29-36(33,34)14-4-6-17-16(10-14)15-5-3-12(7-18(15)35-17)26-23(32)27-13-8-19(24)28-20(25)9-13/h3-11,21,29H,1-2H3,(H,30,31)(H2,26,27,28,32)/t21-/m1/s1. The second-order valence-electron chi connectivity index (χ2n) is 8.23. The zero-order chi connectivity index (χ0) is 26.2. The zero-order valence-corrected chi connectivity index (χ0v) is 21.2. The minimum absolute atomic E-state index is 0.0964. The molecule has 2 aromatic heterocycles. The first kappa shape index (κ1) is 25.7. The van der Waals surface area contributed by atoms with Crippen molar-refractivity contribution in [3.63, 3.8) is 0 Å². The number of furan rings is 1. The van der Waals surface area contributed by atoms with E-state index in [0.717, 1.165) is 0 Å². The van der Waals surface area contributed by atoms with Crippen LogP contribution in [-0.2, 0) is 14.8 Å². The van der Waals surface area contributed by atoms with Crippen molar-refractivity contribution in [1.82, 2.24) is 9.71 Å². The quantitative estimate of drug-likeness (QED) is 0.227. The van der Waals surface area contributed by atoms with Crippen LogP contribution >= 0.6 is 23.2 Å². The van der Waals surface area contributed by atoms with Crippen molar-refractivity contribution < 1.29 is 27.5 Å². The SMILES string of the molecule is CC(C)[C@@H](NS(=O)(=O)c1ccc2oc3cc(NC(=O)Nc4cc(Cl)nc(Cl)c4)ccc3c2c1)C(=O)O. The number of carbonyl (C=O) groups is 2. The Morgan fingerprint density at radius 1 is 0.917 bits per heavy atom. The third kappa shape index (κ3) is 5.54. The molecule has 0 saturated carbocycles. The third-order valence-electron chi connectivity index (χ3n) is 5.25. The number of hydrogen-bond donors (Lipinski definition) is 4. The van der Waals surface area contributed by atoms with Crippen molar-refractivity contribution in [3.05, 3.63) is 58.8 Å². The van der Waals surface area contributed by atoms with Crippen LogP contribution in [0.5, 0.6) is 0 Å². The lowest BCUT2D eigenvalue weighted by Gasteiger charge is -2.17. The van der Waals surface area contributed by atoms with Crippen molar-refractivity contribution >= 4 is 78.5 Å². The van der Waals surface area contributed by atoms with E-state index in [1.54, 1.807) is 32.0 Å². The maximum atomic E-state index is 12.8. The predicted octanol–water partition coefficient (Wildman–Crippen LogP) is 5.32. The summed E-state index contributed by atoms with van der Waals surface area (Å²) in [7, 11) is -4.11. The van der Waals surface area contributed by atoms with Crippen LogP contribution in [0.4, 0.5) is 16.2 Å². The lowest BCUT2D eigenvalue weighted by atomic mass is 10.1. The van der Waals surface area contributed by atoms with Crippen molar-refractivity contribution in [2.24, 2.45) is 5.92 Å². The second-order valence-corrected chi connectivity index (χ2v) is 10.7. The summed E-state index contributed by atoms with van der Waals surface area (Å²) in [5, 5.41) is 16.0. The number of nitrogens with one attached hydrogen (secondary N) is 3. The highest BCUT2D eigenvalue weighted by atomic mass is 35.5. The van der Waals surface area contributed by atoms with E-state index in [1.165, 1.54) is 30.3 Å². The van der Waals surface area contributed by atoms with Crippen molar-refractivity contribution in [2.75, 3.05) is 10.6 Å². The number of rotatable bonds is 7. The molecule has 188 valence electrons. The van der Waals surface area contributed by atoms with Crippen LogP contribution in [0.2, 0.25) is 10.3 Å². The molecule has 0 aliphatic rings. The van der Waals surface area contributed by atoms with Crippen LogP contribution in [0.15, 0.2) is 57.8 Å². The van der Waals surface area contributed by atoms with Gasteiger partial charge in [0.15, 0.2) is 0 Å². The van der Waals surface area contributed by atoms with Crippen LogP contribution < -0.4 is 15.4 Å². The summed E-state index contributed by atoms with van der Waals surface area (Å²) < 4.78 is 33.7. The number of urea groups is 1. The van der Waals surface area contributed by atoms with Gasteiger partial charge in [-0.1, -0.05) is 37.0 Å². The fraction of sp³-hybridized carbons (Fsp3) is 0.174. The molecule has 0 saturated heterocycles. The molecule has 10 nitrogen and oxygen atoms in total. The van der Waals surface area contributed by atoms with E-state index >= 15 is 0 Å². The Bertz CT molecular complexity index is 1580. The summed E-state index contributed by atoms with van der Waals surface area (Å²) in [5.41, 5.74) is 1.60. The summed E-state index contributed by atoms with van der Waals surface area (Å²) in [6, 6.07) is 10.2. The van der Waals surface area contributed by atoms with Gasteiger partial charge < -0.3 is 20.2 Å². The number of halogens is 2. The molecular formula is C23H20Cl2N4O6S. The van der Waals surface area contributed by atoms with Crippen LogP contribution in [0, 0.1) is 5.92 Å². The Balaban J connectivity index is 1.59. The van der Waals surface area contributed by atoms with E-state index in [-0.39, 0.29) is 15.2 Å². The average Bonchev–Trinajstić information content (AvgIpc) is 3.13. The summed E-state index contributed by atoms with van der Waals surface area (Å²) in [6.45, 7) is 3.22. The number of carboxylic acid groups (broad SMARTS) is 1. The van der Waals surface area contributed by atoms with Crippen molar-refractivity contribution in [2.45, 2.75) is 24.8 Å². The molecule has 0 radical (unpaired) electrons. The Labute approximate surface area is 215 Å². The number of carbonyl (C=O) groups excluding carboxylic acids is 1. The summed E-state index contributed by atoms with van der Waals surface area (Å²) in [6.07, 6.45) is 0. The molecule has 0 bridgehead atoms. The minimum atomic E-state index is -4.11. The fourth-order valence-corrected chi connectivity index (χ4v) is 5.36. The van der Waals surface area contributed by atoms with Gasteiger partial charge in [0.05, 0.1) is 4.90 Å². The molecule has 2 heterocycles. The molecule has 0 unspecified atom stereocenters. The number of carboxylic acids is 1. The summed E-state index contributed by atoms with van der Waals surface area (Å²) in [4.78, 5) is 27.5. The van der Waals surface area contributed by atoms with Gasteiger partial charge in [-0.3, -0.25) is 4.79 Å². The number of sulfonamides is 1. The highest BCUT2D eigenvalue weighted by molar-refractivity contribution is 7.89. The van der Waals surface area contributed by atoms with Gasteiger partial charge in [-0.05, 0) is 48.4 Å². The molecule has 0 aliphatic carbocycles. The molecule has 0 fully saturated rings. The number of hydrogen-bond acceptors (Lipinski definition) is 6. The minimum Gasteiger partial charge on any atom is -0.480 e. The van der Waals surface area contributed by atoms with Gasteiger partial charge in [-0.25, -0.2) is 18.2 Å². The number of anilines is 2. The highest BCUT2D eigenvalue weighted by Crippen LogP contribution is 2.32.